The van der Waals surface area contributed by atoms with Gasteiger partial charge in [0.25, 0.3) is 10.0 Å². The van der Waals surface area contributed by atoms with Crippen LogP contribution >= 0.6 is 0 Å². The maximum absolute atomic E-state index is 14.0. The number of sulfonamides is 1. The predicted octanol–water partition coefficient (Wildman–Crippen LogP) is 2.94. The molecule has 1 saturated heterocycles. The summed E-state index contributed by atoms with van der Waals surface area (Å²) in [7, 11) is -4.11. The number of aryl methyl sites for hydroxylation is 1. The van der Waals surface area contributed by atoms with Gasteiger partial charge in [-0.1, -0.05) is 6.07 Å². The van der Waals surface area contributed by atoms with Gasteiger partial charge in [0.2, 0.25) is 0 Å². The number of halogens is 4. The van der Waals surface area contributed by atoms with Gasteiger partial charge in [-0.15, -0.1) is 0 Å². The molecule has 8 nitrogen and oxygen atoms in total. The number of aromatic nitrogens is 2. The molecule has 3 heterocycles. The topological polar surface area (TPSA) is 113 Å². The number of primary sulfonamides is 1. The van der Waals surface area contributed by atoms with Crippen LogP contribution in [-0.4, -0.2) is 55.8 Å². The molecule has 0 spiro atoms. The zero-order valence-electron chi connectivity index (χ0n) is 19.1. The molecule has 3 aromatic rings. The van der Waals surface area contributed by atoms with E-state index in [9.17, 15) is 31.1 Å². The van der Waals surface area contributed by atoms with Gasteiger partial charge in [0.1, 0.15) is 11.6 Å². The van der Waals surface area contributed by atoms with Crippen molar-refractivity contribution in [2.75, 3.05) is 36.0 Å². The van der Waals surface area contributed by atoms with Crippen molar-refractivity contribution in [3.05, 3.63) is 65.7 Å². The molecule has 1 aliphatic heterocycles. The predicted molar refractivity (Wildman–Crippen MR) is 125 cm³/mol. The van der Waals surface area contributed by atoms with Crippen LogP contribution in [0.4, 0.5) is 29.1 Å². The van der Waals surface area contributed by atoms with Crippen LogP contribution in [-0.2, 0) is 16.2 Å². The molecule has 2 aromatic heterocycles. The lowest BCUT2D eigenvalue weighted by atomic mass is 9.96. The number of hydrogen-bond acceptors (Lipinski definition) is 7. The Labute approximate surface area is 205 Å². The van der Waals surface area contributed by atoms with Crippen LogP contribution in [0.15, 0.2) is 53.8 Å². The molecule has 1 aliphatic rings. The van der Waals surface area contributed by atoms with Gasteiger partial charge in [-0.05, 0) is 53.9 Å². The molecule has 36 heavy (non-hydrogen) atoms. The Hall–Kier alpha value is -3.29. The van der Waals surface area contributed by atoms with E-state index in [4.69, 9.17) is 5.14 Å². The van der Waals surface area contributed by atoms with Gasteiger partial charge < -0.3 is 14.9 Å². The van der Waals surface area contributed by atoms with Gasteiger partial charge in [-0.3, -0.25) is 0 Å². The number of rotatable bonds is 5. The fraction of sp³-hybridized carbons (Fsp3) is 0.304. The van der Waals surface area contributed by atoms with E-state index in [0.717, 1.165) is 6.07 Å². The summed E-state index contributed by atoms with van der Waals surface area (Å²) in [6.45, 7) is 1.77. The standard InChI is InChI=1S/C23H23F4N5O3S/c1-14-4-5-15(24)9-17(14)18-10-21(30-11-19(18)23(25,26)27)32-8-7-31(12-16(32)13-33)20-3-2-6-29-22(20)36(28,34)35/h2-6,9-11,16,33H,7-8,12-13H2,1H3,(H2,28,34,35)/t16-/m0/s1. The van der Waals surface area contributed by atoms with Gasteiger partial charge in [0, 0.05) is 32.0 Å². The lowest BCUT2D eigenvalue weighted by Crippen LogP contribution is -2.55. The number of nitrogens with zero attached hydrogens (tertiary/aromatic N) is 4. The zero-order valence-corrected chi connectivity index (χ0v) is 19.9. The summed E-state index contributed by atoms with van der Waals surface area (Å²) in [6, 6.07) is 7.30. The van der Waals surface area contributed by atoms with E-state index in [1.807, 2.05) is 0 Å². The third-order valence-corrected chi connectivity index (χ3v) is 6.89. The van der Waals surface area contributed by atoms with Gasteiger partial charge in [-0.2, -0.15) is 13.2 Å². The number of anilines is 2. The highest BCUT2D eigenvalue weighted by Crippen LogP contribution is 2.40. The molecular weight excluding hydrogens is 502 g/mol. The highest BCUT2D eigenvalue weighted by Gasteiger charge is 2.36. The van der Waals surface area contributed by atoms with Gasteiger partial charge in [0.15, 0.2) is 5.03 Å². The van der Waals surface area contributed by atoms with E-state index in [1.54, 1.807) is 22.8 Å². The Bertz CT molecular complexity index is 1380. The maximum Gasteiger partial charge on any atom is 0.418 e. The Morgan fingerprint density at radius 3 is 2.56 bits per heavy atom. The number of aliphatic hydroxyl groups is 1. The molecule has 192 valence electrons. The molecule has 1 fully saturated rings. The third kappa shape index (κ3) is 5.13. The van der Waals surface area contributed by atoms with Crippen LogP contribution in [0.3, 0.4) is 0 Å². The largest absolute Gasteiger partial charge is 0.418 e. The summed E-state index contributed by atoms with van der Waals surface area (Å²) < 4.78 is 79.3. The zero-order chi connectivity index (χ0) is 26.3. The average molecular weight is 526 g/mol. The number of pyridine rings is 2. The number of piperazine rings is 1. The monoisotopic (exact) mass is 525 g/mol. The molecule has 0 bridgehead atoms. The number of benzene rings is 1. The maximum atomic E-state index is 14.0. The molecule has 13 heteroatoms. The van der Waals surface area contributed by atoms with Gasteiger partial charge in [0.05, 0.1) is 23.9 Å². The van der Waals surface area contributed by atoms with Gasteiger partial charge in [-0.25, -0.2) is 27.9 Å². The SMILES string of the molecule is Cc1ccc(F)cc1-c1cc(N2CCN(c3cccnc3S(N)(=O)=O)C[C@H]2CO)ncc1C(F)(F)F. The Morgan fingerprint density at radius 1 is 1.14 bits per heavy atom. The van der Waals surface area contributed by atoms with E-state index < -0.39 is 40.2 Å². The lowest BCUT2D eigenvalue weighted by Gasteiger charge is -2.42. The van der Waals surface area contributed by atoms with Crippen LogP contribution in [0.25, 0.3) is 11.1 Å². The molecule has 1 atom stereocenters. The molecule has 0 saturated carbocycles. The second-order valence-corrected chi connectivity index (χ2v) is 9.87. The minimum absolute atomic E-state index is 0.0818. The van der Waals surface area contributed by atoms with Gasteiger partial charge >= 0.3 is 6.18 Å². The number of aliphatic hydroxyl groups excluding tert-OH is 1. The fourth-order valence-electron chi connectivity index (χ4n) is 4.31. The van der Waals surface area contributed by atoms with Crippen LogP contribution < -0.4 is 14.9 Å². The summed E-state index contributed by atoms with van der Waals surface area (Å²) in [4.78, 5) is 11.2. The van der Waals surface area contributed by atoms with Crippen molar-refractivity contribution in [2.45, 2.75) is 24.2 Å². The molecule has 0 unspecified atom stereocenters. The first-order chi connectivity index (χ1) is 16.9. The van der Waals surface area contributed by atoms with E-state index in [2.05, 4.69) is 9.97 Å². The van der Waals surface area contributed by atoms with E-state index in [0.29, 0.717) is 11.8 Å². The van der Waals surface area contributed by atoms with E-state index in [-0.39, 0.29) is 47.3 Å². The first kappa shape index (κ1) is 25.8. The molecule has 3 N–H and O–H groups in total. The Balaban J connectivity index is 1.72. The average Bonchev–Trinajstić information content (AvgIpc) is 2.83. The van der Waals surface area contributed by atoms with Crippen molar-refractivity contribution in [1.29, 1.82) is 0 Å². The number of nitrogens with two attached hydrogens (primary N) is 1. The molecular formula is C23H23F4N5O3S. The van der Waals surface area contributed by atoms with E-state index >= 15 is 0 Å². The summed E-state index contributed by atoms with van der Waals surface area (Å²) in [6.07, 6.45) is -2.72. The first-order valence-electron chi connectivity index (χ1n) is 10.8. The van der Waals surface area contributed by atoms with Crippen molar-refractivity contribution < 1.29 is 31.1 Å². The molecule has 0 radical (unpaired) electrons. The second kappa shape index (κ2) is 9.64. The van der Waals surface area contributed by atoms with Crippen molar-refractivity contribution in [3.63, 3.8) is 0 Å². The van der Waals surface area contributed by atoms with Crippen LogP contribution in [0.1, 0.15) is 11.1 Å². The minimum Gasteiger partial charge on any atom is -0.394 e. The molecule has 0 aliphatic carbocycles. The van der Waals surface area contributed by atoms with Crippen LogP contribution in [0.2, 0.25) is 0 Å². The highest BCUT2D eigenvalue weighted by atomic mass is 32.2. The third-order valence-electron chi connectivity index (χ3n) is 6.03. The number of alkyl halides is 3. The van der Waals surface area contributed by atoms with Crippen LogP contribution in [0.5, 0.6) is 0 Å². The highest BCUT2D eigenvalue weighted by molar-refractivity contribution is 7.89. The van der Waals surface area contributed by atoms with Crippen molar-refractivity contribution in [3.8, 4) is 11.1 Å². The Morgan fingerprint density at radius 2 is 1.89 bits per heavy atom. The summed E-state index contributed by atoms with van der Waals surface area (Å²) in [5.74, 6) is -0.510. The van der Waals surface area contributed by atoms with E-state index in [1.165, 1.54) is 30.5 Å². The molecule has 4 rings (SSSR count). The van der Waals surface area contributed by atoms with Crippen LogP contribution in [0, 0.1) is 12.7 Å². The van der Waals surface area contributed by atoms with Crippen molar-refractivity contribution >= 4 is 21.5 Å². The smallest absolute Gasteiger partial charge is 0.394 e. The first-order valence-corrected chi connectivity index (χ1v) is 12.4. The molecule has 0 amide bonds. The normalized spacial score (nSPS) is 16.9. The molecule has 1 aromatic carbocycles. The van der Waals surface area contributed by atoms with Crippen molar-refractivity contribution in [1.82, 2.24) is 9.97 Å². The Kier molecular flexibility index (Phi) is 6.90. The fourth-order valence-corrected chi connectivity index (χ4v) is 5.01. The summed E-state index contributed by atoms with van der Waals surface area (Å²) in [5.41, 5.74) is -0.442. The van der Waals surface area contributed by atoms with Crippen molar-refractivity contribution in [2.24, 2.45) is 5.14 Å². The quantitative estimate of drug-likeness (QED) is 0.493. The minimum atomic E-state index is -4.72. The number of hydrogen-bond donors (Lipinski definition) is 2. The summed E-state index contributed by atoms with van der Waals surface area (Å²) >= 11 is 0. The second-order valence-electron chi connectivity index (χ2n) is 8.39. The summed E-state index contributed by atoms with van der Waals surface area (Å²) in [5, 5.41) is 15.1. The lowest BCUT2D eigenvalue weighted by molar-refractivity contribution is -0.137.